The van der Waals surface area contributed by atoms with Gasteiger partial charge in [-0.2, -0.15) is 0 Å². The predicted octanol–water partition coefficient (Wildman–Crippen LogP) is 2.34. The van der Waals surface area contributed by atoms with Crippen LogP contribution in [-0.2, 0) is 0 Å². The smallest absolute Gasteiger partial charge is 0.127 e. The molecule has 2 unspecified atom stereocenters. The van der Waals surface area contributed by atoms with Gasteiger partial charge in [-0.15, -0.1) is 0 Å². The Morgan fingerprint density at radius 2 is 2.00 bits per heavy atom. The summed E-state index contributed by atoms with van der Waals surface area (Å²) in [5.41, 5.74) is 3.85. The number of hydrogen-bond acceptors (Lipinski definition) is 2. The first-order valence-electron chi connectivity index (χ1n) is 5.08. The van der Waals surface area contributed by atoms with Crippen molar-refractivity contribution in [3.63, 3.8) is 0 Å². The summed E-state index contributed by atoms with van der Waals surface area (Å²) in [6.07, 6.45) is 0.232. The normalized spacial score (nSPS) is 24.6. The average Bonchev–Trinajstić information content (AvgIpc) is 2.41. The Bertz CT molecular complexity index is 360. The van der Waals surface area contributed by atoms with Crippen LogP contribution in [0.2, 0.25) is 0 Å². The molecule has 0 aliphatic carbocycles. The molecule has 0 bridgehead atoms. The molecule has 1 aliphatic rings. The SMILES string of the molecule is CNC1c2cc(C)cc(C)c2OC1C. The number of fused-ring (bicyclic) bond motifs is 1. The molecule has 1 aliphatic heterocycles. The van der Waals surface area contributed by atoms with Crippen molar-refractivity contribution >= 4 is 0 Å². The Hall–Kier alpha value is -1.02. The first-order valence-corrected chi connectivity index (χ1v) is 5.08. The van der Waals surface area contributed by atoms with E-state index in [1.165, 1.54) is 16.7 Å². The molecule has 0 saturated heterocycles. The summed E-state index contributed by atoms with van der Waals surface area (Å²) in [6.45, 7) is 6.34. The van der Waals surface area contributed by atoms with E-state index >= 15 is 0 Å². The lowest BCUT2D eigenvalue weighted by molar-refractivity contribution is 0.213. The Balaban J connectivity index is 2.53. The van der Waals surface area contributed by atoms with E-state index in [2.05, 4.69) is 38.2 Å². The molecule has 0 radical (unpaired) electrons. The minimum atomic E-state index is 0.232. The van der Waals surface area contributed by atoms with E-state index in [-0.39, 0.29) is 6.10 Å². The van der Waals surface area contributed by atoms with Crippen molar-refractivity contribution < 1.29 is 4.74 Å². The Kier molecular flexibility index (Phi) is 2.23. The van der Waals surface area contributed by atoms with E-state index in [9.17, 15) is 0 Å². The number of ether oxygens (including phenoxy) is 1. The van der Waals surface area contributed by atoms with Crippen LogP contribution in [0.1, 0.15) is 29.7 Å². The maximum absolute atomic E-state index is 5.83. The Morgan fingerprint density at radius 1 is 1.29 bits per heavy atom. The van der Waals surface area contributed by atoms with Crippen LogP contribution in [0.15, 0.2) is 12.1 Å². The highest BCUT2D eigenvalue weighted by atomic mass is 16.5. The zero-order chi connectivity index (χ0) is 10.3. The van der Waals surface area contributed by atoms with Gasteiger partial charge in [-0.25, -0.2) is 0 Å². The number of nitrogens with one attached hydrogen (secondary N) is 1. The third-order valence-corrected chi connectivity index (χ3v) is 2.87. The summed E-state index contributed by atoms with van der Waals surface area (Å²) < 4.78 is 5.83. The van der Waals surface area contributed by atoms with Crippen LogP contribution >= 0.6 is 0 Å². The highest BCUT2D eigenvalue weighted by Crippen LogP contribution is 2.39. The summed E-state index contributed by atoms with van der Waals surface area (Å²) in [7, 11) is 1.98. The fourth-order valence-corrected chi connectivity index (χ4v) is 2.28. The van der Waals surface area contributed by atoms with Gasteiger partial charge in [0.2, 0.25) is 0 Å². The molecule has 14 heavy (non-hydrogen) atoms. The van der Waals surface area contributed by atoms with Crippen molar-refractivity contribution in [1.29, 1.82) is 0 Å². The maximum atomic E-state index is 5.83. The monoisotopic (exact) mass is 191 g/mol. The summed E-state index contributed by atoms with van der Waals surface area (Å²) in [6, 6.07) is 4.72. The zero-order valence-corrected chi connectivity index (χ0v) is 9.22. The standard InChI is InChI=1S/C12H17NO/c1-7-5-8(2)12-10(6-7)11(13-4)9(3)14-12/h5-6,9,11,13H,1-4H3. The van der Waals surface area contributed by atoms with E-state index in [0.717, 1.165) is 5.75 Å². The molecule has 0 spiro atoms. The van der Waals surface area contributed by atoms with Crippen molar-refractivity contribution in [1.82, 2.24) is 5.32 Å². The largest absolute Gasteiger partial charge is 0.488 e. The van der Waals surface area contributed by atoms with E-state index < -0.39 is 0 Å². The van der Waals surface area contributed by atoms with Gasteiger partial charge in [0, 0.05) is 5.56 Å². The molecule has 0 saturated carbocycles. The quantitative estimate of drug-likeness (QED) is 0.735. The fraction of sp³-hybridized carbons (Fsp3) is 0.500. The van der Waals surface area contributed by atoms with Crippen molar-refractivity contribution in [2.45, 2.75) is 32.9 Å². The third-order valence-electron chi connectivity index (χ3n) is 2.87. The number of aryl methyl sites for hydroxylation is 2. The van der Waals surface area contributed by atoms with Gasteiger partial charge in [0.1, 0.15) is 11.9 Å². The van der Waals surface area contributed by atoms with Gasteiger partial charge in [-0.3, -0.25) is 0 Å². The molecule has 76 valence electrons. The first kappa shape index (κ1) is 9.53. The lowest BCUT2D eigenvalue weighted by atomic mass is 10.00. The molecule has 0 aromatic heterocycles. The average molecular weight is 191 g/mol. The van der Waals surface area contributed by atoms with Gasteiger partial charge in [-0.1, -0.05) is 17.7 Å². The molecular weight excluding hydrogens is 174 g/mol. The van der Waals surface area contributed by atoms with E-state index in [0.29, 0.717) is 6.04 Å². The van der Waals surface area contributed by atoms with Gasteiger partial charge < -0.3 is 10.1 Å². The molecule has 2 rings (SSSR count). The van der Waals surface area contributed by atoms with Crippen LogP contribution in [0, 0.1) is 13.8 Å². The number of hydrogen-bond donors (Lipinski definition) is 1. The van der Waals surface area contributed by atoms with Gasteiger partial charge in [0.05, 0.1) is 6.04 Å². The summed E-state index contributed by atoms with van der Waals surface area (Å²) >= 11 is 0. The highest BCUT2D eigenvalue weighted by molar-refractivity contribution is 5.48. The number of benzene rings is 1. The summed E-state index contributed by atoms with van der Waals surface area (Å²) in [5, 5.41) is 3.30. The molecule has 1 N–H and O–H groups in total. The molecule has 1 heterocycles. The van der Waals surface area contributed by atoms with Crippen molar-refractivity contribution in [2.24, 2.45) is 0 Å². The number of rotatable bonds is 1. The molecule has 2 atom stereocenters. The lowest BCUT2D eigenvalue weighted by Crippen LogP contribution is -2.25. The van der Waals surface area contributed by atoms with Crippen molar-refractivity contribution in [2.75, 3.05) is 7.05 Å². The minimum absolute atomic E-state index is 0.232. The number of likely N-dealkylation sites (N-methyl/N-ethyl adjacent to an activating group) is 1. The minimum Gasteiger partial charge on any atom is -0.488 e. The van der Waals surface area contributed by atoms with Crippen LogP contribution < -0.4 is 10.1 Å². The molecule has 2 nitrogen and oxygen atoms in total. The molecule has 1 aromatic carbocycles. The van der Waals surface area contributed by atoms with Crippen LogP contribution in [0.4, 0.5) is 0 Å². The second-order valence-electron chi connectivity index (χ2n) is 4.09. The predicted molar refractivity (Wildman–Crippen MR) is 57.8 cm³/mol. The molecule has 1 aromatic rings. The van der Waals surface area contributed by atoms with Gasteiger partial charge in [0.25, 0.3) is 0 Å². The van der Waals surface area contributed by atoms with Crippen LogP contribution in [-0.4, -0.2) is 13.2 Å². The lowest BCUT2D eigenvalue weighted by Gasteiger charge is -2.12. The maximum Gasteiger partial charge on any atom is 0.127 e. The van der Waals surface area contributed by atoms with Gasteiger partial charge in [-0.05, 0) is 33.4 Å². The highest BCUT2D eigenvalue weighted by Gasteiger charge is 2.30. The molecule has 0 amide bonds. The van der Waals surface area contributed by atoms with E-state index in [4.69, 9.17) is 4.74 Å². The van der Waals surface area contributed by atoms with Crippen LogP contribution in [0.3, 0.4) is 0 Å². The second kappa shape index (κ2) is 3.28. The van der Waals surface area contributed by atoms with Crippen LogP contribution in [0.25, 0.3) is 0 Å². The zero-order valence-electron chi connectivity index (χ0n) is 9.22. The molecular formula is C12H17NO. The topological polar surface area (TPSA) is 21.3 Å². The summed E-state index contributed by atoms with van der Waals surface area (Å²) in [5.74, 6) is 1.07. The third kappa shape index (κ3) is 1.30. The summed E-state index contributed by atoms with van der Waals surface area (Å²) in [4.78, 5) is 0. The van der Waals surface area contributed by atoms with Crippen molar-refractivity contribution in [3.8, 4) is 5.75 Å². The fourth-order valence-electron chi connectivity index (χ4n) is 2.28. The van der Waals surface area contributed by atoms with Gasteiger partial charge >= 0.3 is 0 Å². The molecule has 0 fully saturated rings. The Labute approximate surface area is 85.3 Å². The van der Waals surface area contributed by atoms with Gasteiger partial charge in [0.15, 0.2) is 0 Å². The van der Waals surface area contributed by atoms with E-state index in [1.54, 1.807) is 0 Å². The first-order chi connectivity index (χ1) is 6.63. The Morgan fingerprint density at radius 3 is 2.64 bits per heavy atom. The molecule has 2 heteroatoms. The second-order valence-corrected chi connectivity index (χ2v) is 4.09. The van der Waals surface area contributed by atoms with Crippen LogP contribution in [0.5, 0.6) is 5.75 Å². The van der Waals surface area contributed by atoms with Crippen molar-refractivity contribution in [3.05, 3.63) is 28.8 Å². The van der Waals surface area contributed by atoms with E-state index in [1.807, 2.05) is 7.05 Å².